The quantitative estimate of drug-likeness (QED) is 0.800. The van der Waals surface area contributed by atoms with Crippen LogP contribution in [0, 0.1) is 0 Å². The summed E-state index contributed by atoms with van der Waals surface area (Å²) in [5, 5.41) is 1.10. The lowest BCUT2D eigenvalue weighted by atomic mass is 10.0. The highest BCUT2D eigenvalue weighted by atomic mass is 32.1. The largest absolute Gasteiger partial charge is 0.378 e. The molecule has 0 bridgehead atoms. The van der Waals surface area contributed by atoms with E-state index in [0.29, 0.717) is 0 Å². The fourth-order valence-corrected chi connectivity index (χ4v) is 3.36. The molecule has 21 heavy (non-hydrogen) atoms. The van der Waals surface area contributed by atoms with Gasteiger partial charge in [0.05, 0.1) is 15.2 Å². The molecule has 1 aromatic heterocycles. The van der Waals surface area contributed by atoms with Crippen LogP contribution < -0.4 is 10.6 Å². The zero-order chi connectivity index (χ0) is 14.8. The van der Waals surface area contributed by atoms with E-state index in [4.69, 9.17) is 5.73 Å². The number of anilines is 1. The minimum atomic E-state index is -0.0122. The molecule has 0 amide bonds. The Hall–Kier alpha value is -1.91. The summed E-state index contributed by atoms with van der Waals surface area (Å²) < 4.78 is 1.22. The highest BCUT2D eigenvalue weighted by Gasteiger charge is 2.11. The Balaban J connectivity index is 1.77. The lowest BCUT2D eigenvalue weighted by Crippen LogP contribution is -2.14. The van der Waals surface area contributed by atoms with Gasteiger partial charge in [-0.15, -0.1) is 11.3 Å². The Morgan fingerprint density at radius 3 is 2.48 bits per heavy atom. The smallest absolute Gasteiger partial charge is 0.0957 e. The van der Waals surface area contributed by atoms with E-state index in [0.717, 1.165) is 22.5 Å². The zero-order valence-electron chi connectivity index (χ0n) is 12.3. The molecule has 108 valence electrons. The van der Waals surface area contributed by atoms with Crippen molar-refractivity contribution < 1.29 is 0 Å². The Morgan fingerprint density at radius 2 is 1.81 bits per heavy atom. The van der Waals surface area contributed by atoms with Crippen molar-refractivity contribution in [1.82, 2.24) is 4.98 Å². The summed E-state index contributed by atoms with van der Waals surface area (Å²) in [6.07, 6.45) is 0.778. The average Bonchev–Trinajstić information content (AvgIpc) is 2.89. The van der Waals surface area contributed by atoms with Crippen molar-refractivity contribution in [3.63, 3.8) is 0 Å². The molecule has 1 heterocycles. The standard InChI is InChI=1S/C17H19N3S/c1-20(2)13-9-7-12(8-10-13)14(18)11-17-19-15-5-3-4-6-16(15)21-17/h3-10,14H,11,18H2,1-2H3. The number of aromatic nitrogens is 1. The fraction of sp³-hybridized carbons (Fsp3) is 0.235. The number of hydrogen-bond acceptors (Lipinski definition) is 4. The van der Waals surface area contributed by atoms with Crippen LogP contribution in [-0.2, 0) is 6.42 Å². The first-order valence-corrected chi connectivity index (χ1v) is 7.82. The number of hydrogen-bond donors (Lipinski definition) is 1. The second-order valence-corrected chi connectivity index (χ2v) is 6.49. The lowest BCUT2D eigenvalue weighted by Gasteiger charge is -2.15. The number of thiazole rings is 1. The van der Waals surface area contributed by atoms with E-state index in [1.807, 2.05) is 32.3 Å². The van der Waals surface area contributed by atoms with Crippen molar-refractivity contribution in [2.75, 3.05) is 19.0 Å². The third kappa shape index (κ3) is 3.06. The highest BCUT2D eigenvalue weighted by Crippen LogP contribution is 2.25. The monoisotopic (exact) mass is 297 g/mol. The summed E-state index contributed by atoms with van der Waals surface area (Å²) in [7, 11) is 4.08. The minimum absolute atomic E-state index is 0.0122. The molecule has 1 atom stereocenters. The average molecular weight is 297 g/mol. The van der Waals surface area contributed by atoms with E-state index >= 15 is 0 Å². The van der Waals surface area contributed by atoms with Gasteiger partial charge in [0.1, 0.15) is 0 Å². The molecule has 3 aromatic rings. The molecular weight excluding hydrogens is 278 g/mol. The van der Waals surface area contributed by atoms with Gasteiger partial charge in [0.2, 0.25) is 0 Å². The van der Waals surface area contributed by atoms with Crippen LogP contribution in [0.5, 0.6) is 0 Å². The van der Waals surface area contributed by atoms with E-state index < -0.39 is 0 Å². The third-order valence-electron chi connectivity index (χ3n) is 3.57. The Bertz CT molecular complexity index is 698. The summed E-state index contributed by atoms with van der Waals surface area (Å²) in [6.45, 7) is 0. The van der Waals surface area contributed by atoms with Crippen molar-refractivity contribution in [1.29, 1.82) is 0 Å². The predicted molar refractivity (Wildman–Crippen MR) is 91.0 cm³/mol. The van der Waals surface area contributed by atoms with Gasteiger partial charge in [-0.05, 0) is 29.8 Å². The summed E-state index contributed by atoms with van der Waals surface area (Å²) in [5.41, 5.74) is 9.73. The molecule has 2 N–H and O–H groups in total. The van der Waals surface area contributed by atoms with Crippen LogP contribution in [0.15, 0.2) is 48.5 Å². The minimum Gasteiger partial charge on any atom is -0.378 e. The predicted octanol–water partition coefficient (Wildman–Crippen LogP) is 3.60. The summed E-state index contributed by atoms with van der Waals surface area (Å²) in [6, 6.07) is 16.6. The van der Waals surface area contributed by atoms with Crippen LogP contribution in [0.4, 0.5) is 5.69 Å². The van der Waals surface area contributed by atoms with Gasteiger partial charge in [0.15, 0.2) is 0 Å². The Labute approximate surface area is 129 Å². The van der Waals surface area contributed by atoms with Crippen molar-refractivity contribution in [2.24, 2.45) is 5.73 Å². The molecule has 0 fully saturated rings. The molecule has 0 saturated carbocycles. The van der Waals surface area contributed by atoms with Crippen LogP contribution in [-0.4, -0.2) is 19.1 Å². The van der Waals surface area contributed by atoms with E-state index in [9.17, 15) is 0 Å². The van der Waals surface area contributed by atoms with Crippen LogP contribution >= 0.6 is 11.3 Å². The molecule has 0 aliphatic heterocycles. The van der Waals surface area contributed by atoms with Gasteiger partial charge in [0.25, 0.3) is 0 Å². The number of nitrogens with zero attached hydrogens (tertiary/aromatic N) is 2. The molecule has 0 aliphatic carbocycles. The molecule has 0 saturated heterocycles. The van der Waals surface area contributed by atoms with E-state index in [-0.39, 0.29) is 6.04 Å². The molecule has 0 aliphatic rings. The van der Waals surface area contributed by atoms with E-state index in [1.54, 1.807) is 11.3 Å². The maximum Gasteiger partial charge on any atom is 0.0957 e. The molecule has 3 rings (SSSR count). The van der Waals surface area contributed by atoms with Gasteiger partial charge >= 0.3 is 0 Å². The molecule has 0 radical (unpaired) electrons. The Morgan fingerprint density at radius 1 is 1.10 bits per heavy atom. The van der Waals surface area contributed by atoms with Gasteiger partial charge in [-0.3, -0.25) is 0 Å². The summed E-state index contributed by atoms with van der Waals surface area (Å²) in [4.78, 5) is 6.74. The van der Waals surface area contributed by atoms with Gasteiger partial charge in [0, 0.05) is 32.2 Å². The molecular formula is C17H19N3S. The second-order valence-electron chi connectivity index (χ2n) is 5.37. The van der Waals surface area contributed by atoms with Crippen LogP contribution in [0.1, 0.15) is 16.6 Å². The maximum absolute atomic E-state index is 6.33. The topological polar surface area (TPSA) is 42.1 Å². The third-order valence-corrected chi connectivity index (χ3v) is 4.63. The fourth-order valence-electron chi connectivity index (χ4n) is 2.33. The van der Waals surface area contributed by atoms with Gasteiger partial charge in [-0.2, -0.15) is 0 Å². The first-order valence-electron chi connectivity index (χ1n) is 7.01. The van der Waals surface area contributed by atoms with Crippen LogP contribution in [0.25, 0.3) is 10.2 Å². The van der Waals surface area contributed by atoms with Gasteiger partial charge < -0.3 is 10.6 Å². The first kappa shape index (κ1) is 14.0. The molecule has 4 heteroatoms. The van der Waals surface area contributed by atoms with Crippen LogP contribution in [0.2, 0.25) is 0 Å². The SMILES string of the molecule is CN(C)c1ccc(C(N)Cc2nc3ccccc3s2)cc1. The molecule has 0 spiro atoms. The number of para-hydroxylation sites is 1. The first-order chi connectivity index (χ1) is 10.1. The summed E-state index contributed by atoms with van der Waals surface area (Å²) >= 11 is 1.73. The number of nitrogens with two attached hydrogens (primary N) is 1. The summed E-state index contributed by atoms with van der Waals surface area (Å²) in [5.74, 6) is 0. The normalized spacial score (nSPS) is 12.5. The van der Waals surface area contributed by atoms with E-state index in [1.165, 1.54) is 10.4 Å². The molecule has 2 aromatic carbocycles. The van der Waals surface area contributed by atoms with Crippen molar-refractivity contribution in [3.05, 3.63) is 59.1 Å². The molecule has 3 nitrogen and oxygen atoms in total. The number of rotatable bonds is 4. The van der Waals surface area contributed by atoms with E-state index in [2.05, 4.69) is 40.2 Å². The highest BCUT2D eigenvalue weighted by molar-refractivity contribution is 7.18. The van der Waals surface area contributed by atoms with Gasteiger partial charge in [-0.25, -0.2) is 4.98 Å². The molecule has 1 unspecified atom stereocenters. The van der Waals surface area contributed by atoms with Crippen molar-refractivity contribution >= 4 is 27.2 Å². The van der Waals surface area contributed by atoms with Gasteiger partial charge in [-0.1, -0.05) is 24.3 Å². The van der Waals surface area contributed by atoms with Crippen molar-refractivity contribution in [3.8, 4) is 0 Å². The lowest BCUT2D eigenvalue weighted by molar-refractivity contribution is 0.719. The number of benzene rings is 2. The maximum atomic E-state index is 6.33. The Kier molecular flexibility index (Phi) is 3.90. The van der Waals surface area contributed by atoms with Crippen molar-refractivity contribution in [2.45, 2.75) is 12.5 Å². The number of fused-ring (bicyclic) bond motifs is 1. The zero-order valence-corrected chi connectivity index (χ0v) is 13.1. The second kappa shape index (κ2) is 5.84. The van der Waals surface area contributed by atoms with Crippen LogP contribution in [0.3, 0.4) is 0 Å².